The SMILES string of the molecule is CCCCCS(=O)CC/C=C\CCCCCCCC(=O)OC. The molecule has 0 N–H and O–H groups in total. The zero-order valence-electron chi connectivity index (χ0n) is 14.5. The Hall–Kier alpha value is -0.640. The van der Waals surface area contributed by atoms with Crippen molar-refractivity contribution in [3.63, 3.8) is 0 Å². The van der Waals surface area contributed by atoms with Crippen molar-refractivity contribution < 1.29 is 13.7 Å². The van der Waals surface area contributed by atoms with Crippen LogP contribution in [0.25, 0.3) is 0 Å². The van der Waals surface area contributed by atoms with Crippen LogP contribution in [0.5, 0.6) is 0 Å². The minimum atomic E-state index is -0.628. The van der Waals surface area contributed by atoms with E-state index >= 15 is 0 Å². The molecule has 0 fully saturated rings. The summed E-state index contributed by atoms with van der Waals surface area (Å²) in [6.07, 6.45) is 16.1. The van der Waals surface area contributed by atoms with Crippen LogP contribution in [0, 0.1) is 0 Å². The van der Waals surface area contributed by atoms with Crippen molar-refractivity contribution in [3.05, 3.63) is 12.2 Å². The fourth-order valence-electron chi connectivity index (χ4n) is 2.21. The van der Waals surface area contributed by atoms with E-state index in [1.807, 2.05) is 0 Å². The normalized spacial score (nSPS) is 12.6. The number of hydrogen-bond donors (Lipinski definition) is 0. The molecule has 4 heteroatoms. The van der Waals surface area contributed by atoms with Crippen molar-refractivity contribution in [1.82, 2.24) is 0 Å². The highest BCUT2D eigenvalue weighted by Crippen LogP contribution is 2.08. The average Bonchev–Trinajstić information content (AvgIpc) is 2.52. The van der Waals surface area contributed by atoms with Crippen LogP contribution in [-0.2, 0) is 20.3 Å². The van der Waals surface area contributed by atoms with Crippen molar-refractivity contribution >= 4 is 16.8 Å². The number of carbonyl (C=O) groups is 1. The van der Waals surface area contributed by atoms with Gasteiger partial charge in [-0.15, -0.1) is 0 Å². The first-order valence-electron chi connectivity index (χ1n) is 8.77. The van der Waals surface area contributed by atoms with E-state index in [0.717, 1.165) is 43.6 Å². The second kappa shape index (κ2) is 16.7. The summed E-state index contributed by atoms with van der Waals surface area (Å²) in [4.78, 5) is 10.9. The van der Waals surface area contributed by atoms with Gasteiger partial charge >= 0.3 is 5.97 Å². The van der Waals surface area contributed by atoms with E-state index in [-0.39, 0.29) is 5.97 Å². The summed E-state index contributed by atoms with van der Waals surface area (Å²) in [7, 11) is 0.812. The maximum Gasteiger partial charge on any atom is 0.305 e. The highest BCUT2D eigenvalue weighted by Gasteiger charge is 1.99. The fourth-order valence-corrected chi connectivity index (χ4v) is 3.34. The Morgan fingerprint density at radius 1 is 0.909 bits per heavy atom. The minimum Gasteiger partial charge on any atom is -0.469 e. The van der Waals surface area contributed by atoms with Crippen LogP contribution in [0.3, 0.4) is 0 Å². The third kappa shape index (κ3) is 15.7. The van der Waals surface area contributed by atoms with Gasteiger partial charge in [0.2, 0.25) is 0 Å². The van der Waals surface area contributed by atoms with E-state index in [0.29, 0.717) is 6.42 Å². The molecule has 0 saturated heterocycles. The first-order chi connectivity index (χ1) is 10.7. The highest BCUT2D eigenvalue weighted by atomic mass is 32.2. The fraction of sp³-hybridized carbons (Fsp3) is 0.833. The molecular weight excluding hydrogens is 296 g/mol. The van der Waals surface area contributed by atoms with E-state index in [2.05, 4.69) is 23.8 Å². The molecule has 1 unspecified atom stereocenters. The molecule has 0 heterocycles. The maximum absolute atomic E-state index is 11.7. The summed E-state index contributed by atoms with van der Waals surface area (Å²) < 4.78 is 16.3. The first kappa shape index (κ1) is 21.4. The number of esters is 1. The van der Waals surface area contributed by atoms with Crippen LogP contribution in [0.1, 0.15) is 77.6 Å². The Morgan fingerprint density at radius 2 is 1.59 bits per heavy atom. The van der Waals surface area contributed by atoms with Crippen LogP contribution >= 0.6 is 0 Å². The molecule has 0 saturated carbocycles. The monoisotopic (exact) mass is 330 g/mol. The van der Waals surface area contributed by atoms with Crippen LogP contribution in [0.15, 0.2) is 12.2 Å². The van der Waals surface area contributed by atoms with Gasteiger partial charge in [-0.05, 0) is 32.1 Å². The van der Waals surface area contributed by atoms with E-state index in [1.54, 1.807) is 0 Å². The molecular formula is C18H34O3S. The predicted molar refractivity (Wildman–Crippen MR) is 95.5 cm³/mol. The molecule has 3 nitrogen and oxygen atoms in total. The van der Waals surface area contributed by atoms with E-state index in [1.165, 1.54) is 39.2 Å². The molecule has 0 amide bonds. The molecule has 0 aromatic carbocycles. The zero-order chi connectivity index (χ0) is 16.5. The van der Waals surface area contributed by atoms with Crippen molar-refractivity contribution in [2.45, 2.75) is 77.6 Å². The standard InChI is InChI=1S/C18H34O3S/c1-3-4-13-16-22(20)17-14-11-9-7-5-6-8-10-12-15-18(19)21-2/h9,11H,3-8,10,12-17H2,1-2H3/b11-9-. The molecule has 0 aliphatic rings. The molecule has 0 aromatic heterocycles. The second-order valence-corrected chi connectivity index (χ2v) is 7.39. The van der Waals surface area contributed by atoms with Gasteiger partial charge in [0.05, 0.1) is 7.11 Å². The van der Waals surface area contributed by atoms with Gasteiger partial charge < -0.3 is 4.74 Å². The molecule has 0 radical (unpaired) electrons. The summed E-state index contributed by atoms with van der Waals surface area (Å²) in [6, 6.07) is 0. The zero-order valence-corrected chi connectivity index (χ0v) is 15.3. The number of rotatable bonds is 15. The first-order valence-corrected chi connectivity index (χ1v) is 10.3. The highest BCUT2D eigenvalue weighted by molar-refractivity contribution is 7.84. The predicted octanol–water partition coefficient (Wildman–Crippen LogP) is 4.78. The van der Waals surface area contributed by atoms with Crippen molar-refractivity contribution in [3.8, 4) is 0 Å². The van der Waals surface area contributed by atoms with Crippen LogP contribution in [0.2, 0.25) is 0 Å². The van der Waals surface area contributed by atoms with Gasteiger partial charge in [0.15, 0.2) is 0 Å². The number of ether oxygens (including phenoxy) is 1. The molecule has 0 rings (SSSR count). The topological polar surface area (TPSA) is 43.4 Å². The van der Waals surface area contributed by atoms with Crippen molar-refractivity contribution in [1.29, 1.82) is 0 Å². The minimum absolute atomic E-state index is 0.102. The Balaban J connectivity index is 3.27. The second-order valence-electron chi connectivity index (χ2n) is 5.70. The van der Waals surface area contributed by atoms with Crippen LogP contribution in [0.4, 0.5) is 0 Å². The number of allylic oxidation sites excluding steroid dienone is 2. The lowest BCUT2D eigenvalue weighted by Crippen LogP contribution is -2.01. The lowest BCUT2D eigenvalue weighted by molar-refractivity contribution is -0.140. The quantitative estimate of drug-likeness (QED) is 0.247. The van der Waals surface area contributed by atoms with Gasteiger partial charge in [-0.1, -0.05) is 51.2 Å². The largest absolute Gasteiger partial charge is 0.469 e. The Morgan fingerprint density at radius 3 is 2.32 bits per heavy atom. The molecule has 1 atom stereocenters. The third-order valence-corrected chi connectivity index (χ3v) is 5.07. The van der Waals surface area contributed by atoms with Crippen molar-refractivity contribution in [2.24, 2.45) is 0 Å². The third-order valence-electron chi connectivity index (χ3n) is 3.63. The van der Waals surface area contributed by atoms with Gasteiger partial charge in [0.25, 0.3) is 0 Å². The Labute approximate surface area is 139 Å². The summed E-state index contributed by atoms with van der Waals surface area (Å²) in [6.45, 7) is 2.17. The average molecular weight is 331 g/mol. The molecule has 0 bridgehead atoms. The van der Waals surface area contributed by atoms with E-state index in [9.17, 15) is 9.00 Å². The summed E-state index contributed by atoms with van der Waals surface area (Å²) >= 11 is 0. The smallest absolute Gasteiger partial charge is 0.305 e. The number of hydrogen-bond acceptors (Lipinski definition) is 3. The number of carbonyl (C=O) groups excluding carboxylic acids is 1. The van der Waals surface area contributed by atoms with Gasteiger partial charge in [0, 0.05) is 28.7 Å². The van der Waals surface area contributed by atoms with Gasteiger partial charge in [-0.25, -0.2) is 0 Å². The molecule has 22 heavy (non-hydrogen) atoms. The van der Waals surface area contributed by atoms with Gasteiger partial charge in [0.1, 0.15) is 0 Å². The Bertz CT molecular complexity index is 313. The van der Waals surface area contributed by atoms with Crippen LogP contribution < -0.4 is 0 Å². The van der Waals surface area contributed by atoms with Crippen molar-refractivity contribution in [2.75, 3.05) is 18.6 Å². The molecule has 0 spiro atoms. The molecule has 0 aliphatic carbocycles. The summed E-state index contributed by atoms with van der Waals surface area (Å²) in [5, 5.41) is 0. The van der Waals surface area contributed by atoms with Crippen LogP contribution in [-0.4, -0.2) is 28.8 Å². The van der Waals surface area contributed by atoms with Gasteiger partial charge in [-0.3, -0.25) is 9.00 Å². The van der Waals surface area contributed by atoms with Gasteiger partial charge in [-0.2, -0.15) is 0 Å². The van der Waals surface area contributed by atoms with E-state index < -0.39 is 10.8 Å². The molecule has 130 valence electrons. The molecule has 0 aliphatic heterocycles. The number of methoxy groups -OCH3 is 1. The lowest BCUT2D eigenvalue weighted by atomic mass is 10.1. The molecule has 0 aromatic rings. The lowest BCUT2D eigenvalue weighted by Gasteiger charge is -2.00. The van der Waals surface area contributed by atoms with E-state index in [4.69, 9.17) is 0 Å². The maximum atomic E-state index is 11.7. The Kier molecular flexibility index (Phi) is 16.2. The summed E-state index contributed by atoms with van der Waals surface area (Å²) in [5.41, 5.74) is 0. The number of unbranched alkanes of at least 4 members (excludes halogenated alkanes) is 7. The summed E-state index contributed by atoms with van der Waals surface area (Å²) in [5.74, 6) is 1.58.